The van der Waals surface area contributed by atoms with Crippen molar-refractivity contribution in [1.82, 2.24) is 4.57 Å². The van der Waals surface area contributed by atoms with Gasteiger partial charge in [0.05, 0.1) is 26.2 Å². The third-order valence-corrected chi connectivity index (χ3v) is 4.26. The highest BCUT2D eigenvalue weighted by Crippen LogP contribution is 2.48. The van der Waals surface area contributed by atoms with Crippen molar-refractivity contribution in [2.45, 2.75) is 25.3 Å². The van der Waals surface area contributed by atoms with Gasteiger partial charge in [0.15, 0.2) is 0 Å². The summed E-state index contributed by atoms with van der Waals surface area (Å²) in [7, 11) is 2.70. The molecule has 0 spiro atoms. The van der Waals surface area contributed by atoms with Crippen molar-refractivity contribution in [3.05, 3.63) is 35.2 Å². The predicted molar refractivity (Wildman–Crippen MR) is 71.3 cm³/mol. The predicted octanol–water partition coefficient (Wildman–Crippen LogP) is 1.51. The summed E-state index contributed by atoms with van der Waals surface area (Å²) < 4.78 is 11.9. The SMILES string of the molecule is COC(=O)[C@@H]1[C@H](C(=O)OC)c2c(C)cc3n2[C@H]1C=CC3. The van der Waals surface area contributed by atoms with Crippen molar-refractivity contribution in [3.63, 3.8) is 0 Å². The van der Waals surface area contributed by atoms with E-state index in [4.69, 9.17) is 9.47 Å². The normalized spacial score (nSPS) is 26.2. The second-order valence-electron chi connectivity index (χ2n) is 5.25. The number of hydrogen-bond donors (Lipinski definition) is 0. The fraction of sp³-hybridized carbons (Fsp3) is 0.467. The molecule has 1 aromatic heterocycles. The quantitative estimate of drug-likeness (QED) is 0.606. The Labute approximate surface area is 117 Å². The number of carbonyl (C=O) groups excluding carboxylic acids is 2. The van der Waals surface area contributed by atoms with Crippen molar-refractivity contribution < 1.29 is 19.1 Å². The number of nitrogens with zero attached hydrogens (tertiary/aromatic N) is 1. The van der Waals surface area contributed by atoms with Crippen molar-refractivity contribution >= 4 is 11.9 Å². The Morgan fingerprint density at radius 3 is 2.60 bits per heavy atom. The zero-order chi connectivity index (χ0) is 14.4. The van der Waals surface area contributed by atoms with Crippen LogP contribution in [0, 0.1) is 12.8 Å². The number of ether oxygens (including phenoxy) is 2. The second kappa shape index (κ2) is 4.51. The third kappa shape index (κ3) is 1.55. The monoisotopic (exact) mass is 275 g/mol. The molecule has 0 saturated carbocycles. The van der Waals surface area contributed by atoms with Crippen LogP contribution in [0.15, 0.2) is 18.2 Å². The number of allylic oxidation sites excluding steroid dienone is 2. The van der Waals surface area contributed by atoms with Crippen LogP contribution in [0.3, 0.4) is 0 Å². The molecule has 5 heteroatoms. The van der Waals surface area contributed by atoms with E-state index in [0.29, 0.717) is 0 Å². The van der Waals surface area contributed by atoms with E-state index < -0.39 is 11.8 Å². The van der Waals surface area contributed by atoms with Gasteiger partial charge < -0.3 is 14.0 Å². The van der Waals surface area contributed by atoms with Gasteiger partial charge >= 0.3 is 11.9 Å². The third-order valence-electron chi connectivity index (χ3n) is 4.26. The molecule has 0 amide bonds. The summed E-state index contributed by atoms with van der Waals surface area (Å²) in [6.45, 7) is 1.97. The van der Waals surface area contributed by atoms with Gasteiger partial charge in [-0.2, -0.15) is 0 Å². The lowest BCUT2D eigenvalue weighted by Crippen LogP contribution is -2.30. The molecular weight excluding hydrogens is 258 g/mol. The summed E-state index contributed by atoms with van der Waals surface area (Å²) in [4.78, 5) is 24.3. The molecule has 0 saturated heterocycles. The number of aromatic nitrogens is 1. The van der Waals surface area contributed by atoms with Gasteiger partial charge in [0, 0.05) is 17.8 Å². The first kappa shape index (κ1) is 13.0. The summed E-state index contributed by atoms with van der Waals surface area (Å²) in [6.07, 6.45) is 4.85. The van der Waals surface area contributed by atoms with E-state index in [1.807, 2.05) is 19.1 Å². The van der Waals surface area contributed by atoms with Crippen LogP contribution in [-0.4, -0.2) is 30.7 Å². The number of hydrogen-bond acceptors (Lipinski definition) is 4. The highest BCUT2D eigenvalue weighted by molar-refractivity contribution is 5.88. The van der Waals surface area contributed by atoms with E-state index in [2.05, 4.69) is 10.6 Å². The van der Waals surface area contributed by atoms with Crippen LogP contribution in [0.1, 0.15) is 28.9 Å². The van der Waals surface area contributed by atoms with E-state index in [1.165, 1.54) is 14.2 Å². The molecule has 0 fully saturated rings. The lowest BCUT2D eigenvalue weighted by atomic mass is 9.85. The average molecular weight is 275 g/mol. The molecule has 0 N–H and O–H groups in total. The Hall–Kier alpha value is -2.04. The minimum absolute atomic E-state index is 0.154. The van der Waals surface area contributed by atoms with Gasteiger partial charge in [0.2, 0.25) is 0 Å². The molecule has 3 atom stereocenters. The van der Waals surface area contributed by atoms with Gasteiger partial charge in [-0.3, -0.25) is 9.59 Å². The molecule has 0 aromatic carbocycles. The van der Waals surface area contributed by atoms with Gasteiger partial charge in [0.1, 0.15) is 5.92 Å². The standard InChI is InChI=1S/C15H17NO4/c1-8-7-9-5-4-6-10-11(14(17)19-2)12(15(18)20-3)13(8)16(9)10/h4,6-7,10-12H,5H2,1-3H3/t10-,11-,12-/m0/s1. The molecule has 1 aromatic rings. The fourth-order valence-electron chi connectivity index (χ4n) is 3.50. The lowest BCUT2D eigenvalue weighted by molar-refractivity contribution is -0.154. The molecule has 3 heterocycles. The fourth-order valence-corrected chi connectivity index (χ4v) is 3.50. The molecule has 2 aliphatic rings. The molecule has 5 nitrogen and oxygen atoms in total. The summed E-state index contributed by atoms with van der Waals surface area (Å²) in [5, 5.41) is 0. The number of methoxy groups -OCH3 is 2. The van der Waals surface area contributed by atoms with Crippen LogP contribution in [0.2, 0.25) is 0 Å². The van der Waals surface area contributed by atoms with Gasteiger partial charge in [-0.1, -0.05) is 12.2 Å². The molecule has 2 aliphatic heterocycles. The van der Waals surface area contributed by atoms with Crippen LogP contribution in [0.5, 0.6) is 0 Å². The highest BCUT2D eigenvalue weighted by Gasteiger charge is 2.51. The number of rotatable bonds is 2. The first-order chi connectivity index (χ1) is 9.60. The maximum Gasteiger partial charge on any atom is 0.315 e. The summed E-state index contributed by atoms with van der Waals surface area (Å²) in [5.41, 5.74) is 3.04. The Bertz CT molecular complexity index is 614. The van der Waals surface area contributed by atoms with E-state index in [1.54, 1.807) is 0 Å². The van der Waals surface area contributed by atoms with Crippen molar-refractivity contribution in [3.8, 4) is 0 Å². The molecular formula is C15H17NO4. The Morgan fingerprint density at radius 2 is 1.95 bits per heavy atom. The molecule has 3 rings (SSSR count). The van der Waals surface area contributed by atoms with Crippen molar-refractivity contribution in [1.29, 1.82) is 0 Å². The lowest BCUT2D eigenvalue weighted by Gasteiger charge is -2.23. The van der Waals surface area contributed by atoms with E-state index in [9.17, 15) is 9.59 Å². The largest absolute Gasteiger partial charge is 0.469 e. The van der Waals surface area contributed by atoms with Gasteiger partial charge in [-0.25, -0.2) is 0 Å². The number of esters is 2. The summed E-state index contributed by atoms with van der Waals surface area (Å²) in [6, 6.07) is 1.92. The Morgan fingerprint density at radius 1 is 1.25 bits per heavy atom. The van der Waals surface area contributed by atoms with Crippen LogP contribution >= 0.6 is 0 Å². The van der Waals surface area contributed by atoms with Gasteiger partial charge in [-0.05, 0) is 18.6 Å². The Kier molecular flexibility index (Phi) is 2.92. The Balaban J connectivity index is 2.18. The van der Waals surface area contributed by atoms with Crippen LogP contribution in [-0.2, 0) is 25.5 Å². The van der Waals surface area contributed by atoms with Crippen LogP contribution < -0.4 is 0 Å². The van der Waals surface area contributed by atoms with E-state index in [0.717, 1.165) is 23.4 Å². The zero-order valence-corrected chi connectivity index (χ0v) is 11.8. The second-order valence-corrected chi connectivity index (χ2v) is 5.25. The molecule has 0 bridgehead atoms. The van der Waals surface area contributed by atoms with Crippen molar-refractivity contribution in [2.75, 3.05) is 14.2 Å². The highest BCUT2D eigenvalue weighted by atomic mass is 16.5. The minimum atomic E-state index is -0.589. The molecule has 20 heavy (non-hydrogen) atoms. The molecule has 0 aliphatic carbocycles. The first-order valence-electron chi connectivity index (χ1n) is 6.63. The topological polar surface area (TPSA) is 57.5 Å². The van der Waals surface area contributed by atoms with Gasteiger partial charge in [-0.15, -0.1) is 0 Å². The zero-order valence-electron chi connectivity index (χ0n) is 11.8. The molecule has 0 unspecified atom stereocenters. The first-order valence-corrected chi connectivity index (χ1v) is 6.63. The molecule has 106 valence electrons. The molecule has 0 radical (unpaired) electrons. The summed E-state index contributed by atoms with van der Waals surface area (Å²) in [5.74, 6) is -1.88. The number of carbonyl (C=O) groups is 2. The summed E-state index contributed by atoms with van der Waals surface area (Å²) >= 11 is 0. The van der Waals surface area contributed by atoms with Crippen LogP contribution in [0.4, 0.5) is 0 Å². The van der Waals surface area contributed by atoms with Crippen LogP contribution in [0.25, 0.3) is 0 Å². The maximum absolute atomic E-state index is 12.2. The van der Waals surface area contributed by atoms with E-state index in [-0.39, 0.29) is 18.0 Å². The van der Waals surface area contributed by atoms with E-state index >= 15 is 0 Å². The maximum atomic E-state index is 12.2. The smallest absolute Gasteiger partial charge is 0.315 e. The van der Waals surface area contributed by atoms with Gasteiger partial charge in [0.25, 0.3) is 0 Å². The number of aryl methyl sites for hydroxylation is 1. The minimum Gasteiger partial charge on any atom is -0.469 e. The average Bonchev–Trinajstić information content (AvgIpc) is 2.98. The van der Waals surface area contributed by atoms with Crippen molar-refractivity contribution in [2.24, 2.45) is 5.92 Å².